The van der Waals surface area contributed by atoms with Crippen molar-refractivity contribution in [2.75, 3.05) is 19.6 Å². The van der Waals surface area contributed by atoms with Crippen molar-refractivity contribution >= 4 is 11.7 Å². The lowest BCUT2D eigenvalue weighted by molar-refractivity contribution is -0.211. The fourth-order valence-electron chi connectivity index (χ4n) is 12.7. The number of likely N-dealkylation sites (tertiary alicyclic amines) is 1. The summed E-state index contributed by atoms with van der Waals surface area (Å²) in [6, 6.07) is 0.543. The Kier molecular flexibility index (Phi) is 5.37. The van der Waals surface area contributed by atoms with E-state index in [1.807, 2.05) is 6.92 Å². The first kappa shape index (κ1) is 25.5. The van der Waals surface area contributed by atoms with E-state index >= 15 is 0 Å². The van der Waals surface area contributed by atoms with Crippen LogP contribution in [0.5, 0.6) is 0 Å². The number of carbonyl (C=O) groups excluding carboxylic acids is 2. The minimum absolute atomic E-state index is 0.0990. The first-order valence-electron chi connectivity index (χ1n) is 16.6. The monoisotopic (exact) mass is 534 g/mol. The van der Waals surface area contributed by atoms with E-state index in [1.165, 1.54) is 50.5 Å². The van der Waals surface area contributed by atoms with Gasteiger partial charge < -0.3 is 10.1 Å². The summed E-state index contributed by atoms with van der Waals surface area (Å²) >= 11 is 0. The van der Waals surface area contributed by atoms with Crippen LogP contribution in [0.2, 0.25) is 0 Å². The number of hydrogen-bond acceptors (Lipinski definition) is 4. The molecule has 7 fully saturated rings. The van der Waals surface area contributed by atoms with Gasteiger partial charge in [-0.3, -0.25) is 14.5 Å². The largest absolute Gasteiger partial charge is 0.369 e. The number of allylic oxidation sites excluding steroid dienone is 2. The predicted molar refractivity (Wildman–Crippen MR) is 151 cm³/mol. The molecule has 0 aromatic heterocycles. The molecule has 5 heteroatoms. The van der Waals surface area contributed by atoms with Crippen molar-refractivity contribution in [1.82, 2.24) is 10.2 Å². The zero-order chi connectivity index (χ0) is 26.9. The molecule has 2 aliphatic heterocycles. The van der Waals surface area contributed by atoms with Gasteiger partial charge in [0.1, 0.15) is 0 Å². The fourth-order valence-corrected chi connectivity index (χ4v) is 12.7. The molecule has 0 bridgehead atoms. The molecule has 0 radical (unpaired) electrons. The summed E-state index contributed by atoms with van der Waals surface area (Å²) in [5.74, 6) is 4.54. The van der Waals surface area contributed by atoms with Crippen molar-refractivity contribution in [1.29, 1.82) is 0 Å². The number of carbonyl (C=O) groups is 2. The SMILES string of the molecule is CCC(C)C(=O)NCCN1C[C@@H](C)C[C@H]2O[C@@]34CC[C@H]5[C@@H]6CCC7=CC(=O)CC[C@]7(C)[C@H]6CC56CC63C[C@@H]4[C@@H]21. The average molecular weight is 535 g/mol. The third-order valence-corrected chi connectivity index (χ3v) is 14.6. The van der Waals surface area contributed by atoms with E-state index in [2.05, 4.69) is 37.1 Å². The average Bonchev–Trinajstić information content (AvgIpc) is 3.39. The topological polar surface area (TPSA) is 58.6 Å². The number of fused-ring (bicyclic) bond motifs is 6. The van der Waals surface area contributed by atoms with Gasteiger partial charge in [-0.05, 0) is 105 Å². The smallest absolute Gasteiger partial charge is 0.222 e. The molecule has 5 nitrogen and oxygen atoms in total. The molecule has 8 aliphatic rings. The van der Waals surface area contributed by atoms with Crippen LogP contribution in [0.25, 0.3) is 0 Å². The van der Waals surface area contributed by atoms with Crippen LogP contribution in [0, 0.1) is 51.8 Å². The van der Waals surface area contributed by atoms with Gasteiger partial charge in [0, 0.05) is 49.3 Å². The minimum Gasteiger partial charge on any atom is -0.369 e. The molecular formula is C34H50N2O3. The Hall–Kier alpha value is -1.20. The highest BCUT2D eigenvalue weighted by Crippen LogP contribution is 2.93. The van der Waals surface area contributed by atoms with Gasteiger partial charge in [-0.1, -0.05) is 33.3 Å². The standard InChI is InChI=1S/C34H50N2O3/c1-5-21(3)30(38)35-12-13-36-18-20(2)14-28-29(36)27-17-33-19-32(33)16-26-24(25(32)9-11-34(27,33)39-28)7-6-22-15-23(37)8-10-31(22,26)4/h15,20-21,24-29H,5-14,16-19H2,1-4H3,(H,35,38)/t20-,21?,24-,25-,26-,27+,28+,29-,31-,32?,33?,34+/m0/s1. The van der Waals surface area contributed by atoms with Crippen LogP contribution >= 0.6 is 0 Å². The van der Waals surface area contributed by atoms with Crippen LogP contribution in [0.1, 0.15) is 98.3 Å². The first-order chi connectivity index (χ1) is 18.7. The van der Waals surface area contributed by atoms with Crippen LogP contribution < -0.4 is 5.32 Å². The zero-order valence-corrected chi connectivity index (χ0v) is 24.8. The summed E-state index contributed by atoms with van der Waals surface area (Å²) in [7, 11) is 0. The third kappa shape index (κ3) is 3.05. The maximum atomic E-state index is 12.4. The Morgan fingerprint density at radius 1 is 1.18 bits per heavy atom. The summed E-state index contributed by atoms with van der Waals surface area (Å²) < 4.78 is 7.40. The molecule has 5 saturated carbocycles. The summed E-state index contributed by atoms with van der Waals surface area (Å²) in [6.45, 7) is 11.9. The number of ketones is 1. The van der Waals surface area contributed by atoms with E-state index in [1.54, 1.807) is 0 Å². The van der Waals surface area contributed by atoms with Gasteiger partial charge in [0.15, 0.2) is 5.78 Å². The zero-order valence-electron chi connectivity index (χ0n) is 24.8. The Balaban J connectivity index is 1.03. The summed E-state index contributed by atoms with van der Waals surface area (Å²) in [4.78, 5) is 27.5. The van der Waals surface area contributed by atoms with Crippen LogP contribution in [-0.4, -0.2) is 54.0 Å². The number of rotatable bonds is 5. The molecule has 3 unspecified atom stereocenters. The highest BCUT2D eigenvalue weighted by Gasteiger charge is 2.91. The van der Waals surface area contributed by atoms with Gasteiger partial charge >= 0.3 is 0 Å². The fraction of sp³-hybridized carbons (Fsp3) is 0.882. The highest BCUT2D eigenvalue weighted by molar-refractivity contribution is 5.91. The molecular weight excluding hydrogens is 484 g/mol. The lowest BCUT2D eigenvalue weighted by atomic mass is 9.47. The summed E-state index contributed by atoms with van der Waals surface area (Å²) in [5.41, 5.74) is 2.84. The van der Waals surface area contributed by atoms with Gasteiger partial charge in [-0.2, -0.15) is 0 Å². The number of ether oxygens (including phenoxy) is 1. The number of hydrogen-bond donors (Lipinski definition) is 1. The number of nitrogens with one attached hydrogen (secondary N) is 1. The Labute approximate surface area is 235 Å². The minimum atomic E-state index is 0.0990. The maximum absolute atomic E-state index is 12.4. The van der Waals surface area contributed by atoms with E-state index in [9.17, 15) is 9.59 Å². The molecule has 39 heavy (non-hydrogen) atoms. The van der Waals surface area contributed by atoms with E-state index in [0.717, 1.165) is 63.1 Å². The summed E-state index contributed by atoms with van der Waals surface area (Å²) in [6.07, 6.45) is 15.7. The predicted octanol–water partition coefficient (Wildman–Crippen LogP) is 5.53. The number of piperidine rings is 1. The molecule has 2 heterocycles. The van der Waals surface area contributed by atoms with Crippen molar-refractivity contribution in [3.05, 3.63) is 11.6 Å². The quantitative estimate of drug-likeness (QED) is 0.504. The van der Waals surface area contributed by atoms with Crippen molar-refractivity contribution in [3.63, 3.8) is 0 Å². The second-order valence-electron chi connectivity index (χ2n) is 15.9. The lowest BCUT2D eigenvalue weighted by Gasteiger charge is -2.60. The van der Waals surface area contributed by atoms with Crippen LogP contribution in [0.4, 0.5) is 0 Å². The van der Waals surface area contributed by atoms with Gasteiger partial charge in [-0.15, -0.1) is 0 Å². The van der Waals surface area contributed by atoms with Gasteiger partial charge in [0.25, 0.3) is 0 Å². The normalized spacial score (nSPS) is 53.5. The lowest BCUT2D eigenvalue weighted by Crippen LogP contribution is -2.64. The van der Waals surface area contributed by atoms with E-state index in [-0.39, 0.29) is 22.8 Å². The molecule has 6 aliphatic carbocycles. The Bertz CT molecular complexity index is 1130. The van der Waals surface area contributed by atoms with Crippen LogP contribution in [0.15, 0.2) is 11.6 Å². The second kappa shape index (κ2) is 8.21. The highest BCUT2D eigenvalue weighted by atomic mass is 16.5. The third-order valence-electron chi connectivity index (χ3n) is 14.6. The molecule has 8 rings (SSSR count). The molecule has 214 valence electrons. The van der Waals surface area contributed by atoms with Gasteiger partial charge in [-0.25, -0.2) is 0 Å². The number of nitrogens with zero attached hydrogens (tertiary/aromatic N) is 1. The van der Waals surface area contributed by atoms with Crippen LogP contribution in [-0.2, 0) is 14.3 Å². The van der Waals surface area contributed by atoms with E-state index in [4.69, 9.17) is 4.74 Å². The van der Waals surface area contributed by atoms with Gasteiger partial charge in [0.05, 0.1) is 11.7 Å². The molecule has 3 spiro atoms. The molecule has 0 aromatic rings. The van der Waals surface area contributed by atoms with Crippen molar-refractivity contribution in [2.24, 2.45) is 51.8 Å². The molecule has 1 N–H and O–H groups in total. The van der Waals surface area contributed by atoms with E-state index in [0.29, 0.717) is 40.6 Å². The molecule has 1 amide bonds. The van der Waals surface area contributed by atoms with Gasteiger partial charge in [0.2, 0.25) is 5.91 Å². The van der Waals surface area contributed by atoms with E-state index < -0.39 is 0 Å². The second-order valence-corrected chi connectivity index (χ2v) is 15.9. The first-order valence-corrected chi connectivity index (χ1v) is 16.6. The van der Waals surface area contributed by atoms with Crippen molar-refractivity contribution in [3.8, 4) is 0 Å². The number of amides is 1. The van der Waals surface area contributed by atoms with Crippen molar-refractivity contribution in [2.45, 2.75) is 116 Å². The molecule has 12 atom stereocenters. The van der Waals surface area contributed by atoms with Crippen molar-refractivity contribution < 1.29 is 14.3 Å². The molecule has 0 aromatic carbocycles. The summed E-state index contributed by atoms with van der Waals surface area (Å²) in [5, 5.41) is 3.23. The Morgan fingerprint density at radius 2 is 2.03 bits per heavy atom. The van der Waals surface area contributed by atoms with Crippen LogP contribution in [0.3, 0.4) is 0 Å². The molecule has 2 saturated heterocycles. The maximum Gasteiger partial charge on any atom is 0.222 e. The Morgan fingerprint density at radius 3 is 2.85 bits per heavy atom.